The highest BCUT2D eigenvalue weighted by Gasteiger charge is 2.37. The van der Waals surface area contributed by atoms with Gasteiger partial charge in [-0.15, -0.1) is 0 Å². The van der Waals surface area contributed by atoms with Crippen molar-refractivity contribution in [2.45, 2.75) is 78.1 Å². The highest BCUT2D eigenvalue weighted by Crippen LogP contribution is 2.37. The van der Waals surface area contributed by atoms with Gasteiger partial charge in [0.1, 0.15) is 0 Å². The van der Waals surface area contributed by atoms with Crippen LogP contribution in [0.4, 0.5) is 0 Å². The van der Waals surface area contributed by atoms with E-state index in [-0.39, 0.29) is 10.5 Å². The van der Waals surface area contributed by atoms with E-state index in [2.05, 4.69) is 91.0 Å². The van der Waals surface area contributed by atoms with E-state index in [9.17, 15) is 0 Å². The maximum Gasteiger partial charge on any atom is 0.192 e. The number of aromatic nitrogens is 1. The van der Waals surface area contributed by atoms with Crippen molar-refractivity contribution in [3.8, 4) is 0 Å². The molecule has 2 aromatic rings. The number of hydrogen-bond acceptors (Lipinski definition) is 2. The van der Waals surface area contributed by atoms with Crippen molar-refractivity contribution in [1.29, 1.82) is 0 Å². The van der Waals surface area contributed by atoms with E-state index in [1.807, 2.05) is 6.20 Å². The van der Waals surface area contributed by atoms with Crippen LogP contribution in [0.3, 0.4) is 0 Å². The first-order chi connectivity index (χ1) is 11.9. The minimum absolute atomic E-state index is 0.0535. The Morgan fingerprint density at radius 3 is 2.15 bits per heavy atom. The van der Waals surface area contributed by atoms with Crippen molar-refractivity contribution >= 4 is 8.32 Å². The zero-order valence-corrected chi connectivity index (χ0v) is 18.8. The molecule has 1 aromatic heterocycles. The number of rotatable bonds is 6. The molecular weight excluding hydrogens is 334 g/mol. The van der Waals surface area contributed by atoms with Crippen LogP contribution in [0.1, 0.15) is 57.0 Å². The monoisotopic (exact) mass is 369 g/mol. The van der Waals surface area contributed by atoms with Crippen molar-refractivity contribution in [2.75, 3.05) is 0 Å². The Balaban J connectivity index is 2.19. The second kappa shape index (κ2) is 7.65. The molecule has 0 aliphatic carbocycles. The molecule has 142 valence electrons. The van der Waals surface area contributed by atoms with Crippen LogP contribution in [0.2, 0.25) is 18.1 Å². The fourth-order valence-electron chi connectivity index (χ4n) is 2.84. The highest BCUT2D eigenvalue weighted by molar-refractivity contribution is 6.74. The average Bonchev–Trinajstić information content (AvgIpc) is 2.55. The van der Waals surface area contributed by atoms with Crippen molar-refractivity contribution in [3.63, 3.8) is 0 Å². The fourth-order valence-corrected chi connectivity index (χ4v) is 3.79. The zero-order chi connectivity index (χ0) is 19.6. The highest BCUT2D eigenvalue weighted by atomic mass is 28.4. The summed E-state index contributed by atoms with van der Waals surface area (Å²) in [5.74, 6) is 0. The molecule has 0 spiro atoms. The Kier molecular flexibility index (Phi) is 6.14. The van der Waals surface area contributed by atoms with Gasteiger partial charge >= 0.3 is 0 Å². The van der Waals surface area contributed by atoms with Gasteiger partial charge in [0.15, 0.2) is 8.32 Å². The average molecular weight is 370 g/mol. The summed E-state index contributed by atoms with van der Waals surface area (Å²) in [7, 11) is -1.75. The van der Waals surface area contributed by atoms with Gasteiger partial charge in [0.2, 0.25) is 0 Å². The molecule has 0 saturated heterocycles. The topological polar surface area (TPSA) is 22.1 Å². The molecule has 0 fully saturated rings. The Morgan fingerprint density at radius 2 is 1.58 bits per heavy atom. The van der Waals surface area contributed by atoms with Crippen LogP contribution in [0.25, 0.3) is 0 Å². The first-order valence-electron chi connectivity index (χ1n) is 9.57. The van der Waals surface area contributed by atoms with Gasteiger partial charge in [-0.1, -0.05) is 65.0 Å². The van der Waals surface area contributed by atoms with Crippen LogP contribution in [0.5, 0.6) is 0 Å². The lowest BCUT2D eigenvalue weighted by Crippen LogP contribution is -2.40. The molecule has 0 aliphatic rings. The third kappa shape index (κ3) is 4.83. The molecular formula is C23H35NOSi. The number of nitrogens with zero attached hydrogens (tertiary/aromatic N) is 1. The fraction of sp³-hybridized carbons (Fsp3) is 0.522. The van der Waals surface area contributed by atoms with Crippen LogP contribution in [0.15, 0.2) is 42.6 Å². The molecule has 0 unspecified atom stereocenters. The molecule has 3 heteroatoms. The first-order valence-corrected chi connectivity index (χ1v) is 12.5. The summed E-state index contributed by atoms with van der Waals surface area (Å²) >= 11 is 0. The third-order valence-electron chi connectivity index (χ3n) is 5.98. The van der Waals surface area contributed by atoms with Crippen molar-refractivity contribution in [2.24, 2.45) is 0 Å². The first kappa shape index (κ1) is 20.9. The van der Waals surface area contributed by atoms with Crippen molar-refractivity contribution in [3.05, 3.63) is 65.0 Å². The number of pyridine rings is 1. The predicted octanol–water partition coefficient (Wildman–Crippen LogP) is 6.43. The smallest absolute Gasteiger partial charge is 0.192 e. The summed E-state index contributed by atoms with van der Waals surface area (Å²) < 4.78 is 6.44. The van der Waals surface area contributed by atoms with E-state index in [1.54, 1.807) is 0 Å². The summed E-state index contributed by atoms with van der Waals surface area (Å²) in [4.78, 5) is 4.70. The van der Waals surface area contributed by atoms with Crippen LogP contribution < -0.4 is 0 Å². The molecule has 1 heterocycles. The van der Waals surface area contributed by atoms with Crippen LogP contribution >= 0.6 is 0 Å². The van der Waals surface area contributed by atoms with E-state index in [0.717, 1.165) is 6.42 Å². The lowest BCUT2D eigenvalue weighted by molar-refractivity contribution is 0.275. The molecule has 0 saturated carbocycles. The van der Waals surface area contributed by atoms with Gasteiger partial charge in [0.25, 0.3) is 0 Å². The zero-order valence-electron chi connectivity index (χ0n) is 17.8. The summed E-state index contributed by atoms with van der Waals surface area (Å²) in [6.45, 7) is 18.9. The molecule has 26 heavy (non-hydrogen) atoms. The molecule has 1 aromatic carbocycles. The van der Waals surface area contributed by atoms with Gasteiger partial charge in [-0.25, -0.2) is 0 Å². The normalized spacial score (nSPS) is 13.1. The molecule has 2 rings (SSSR count). The van der Waals surface area contributed by atoms with Crippen LogP contribution in [-0.4, -0.2) is 13.3 Å². The predicted molar refractivity (Wildman–Crippen MR) is 114 cm³/mol. The quantitative estimate of drug-likeness (QED) is 0.547. The van der Waals surface area contributed by atoms with E-state index < -0.39 is 8.32 Å². The van der Waals surface area contributed by atoms with Gasteiger partial charge in [-0.2, -0.15) is 0 Å². The minimum Gasteiger partial charge on any atom is -0.413 e. The molecule has 2 nitrogen and oxygen atoms in total. The number of hydrogen-bond donors (Lipinski definition) is 0. The SMILES string of the molecule is Cc1c(CO[Si](C)(C)C(C)(C)C)ccnc1CC(C)(C)c1ccccc1. The Labute approximate surface area is 161 Å². The summed E-state index contributed by atoms with van der Waals surface area (Å²) in [6, 6.07) is 12.8. The second-order valence-electron chi connectivity index (χ2n) is 9.52. The van der Waals surface area contributed by atoms with E-state index in [0.29, 0.717) is 6.61 Å². The minimum atomic E-state index is -1.75. The van der Waals surface area contributed by atoms with Gasteiger partial charge in [0, 0.05) is 11.9 Å². The maximum atomic E-state index is 6.44. The van der Waals surface area contributed by atoms with Crippen LogP contribution in [0, 0.1) is 6.92 Å². The maximum absolute atomic E-state index is 6.44. The molecule has 0 aliphatic heterocycles. The lowest BCUT2D eigenvalue weighted by atomic mass is 9.79. The van der Waals surface area contributed by atoms with E-state index >= 15 is 0 Å². The largest absolute Gasteiger partial charge is 0.413 e. The Bertz CT molecular complexity index is 730. The van der Waals surface area contributed by atoms with Crippen molar-refractivity contribution < 1.29 is 4.43 Å². The Hall–Kier alpha value is -1.45. The molecule has 0 bridgehead atoms. The van der Waals surface area contributed by atoms with Crippen molar-refractivity contribution in [1.82, 2.24) is 4.98 Å². The van der Waals surface area contributed by atoms with Gasteiger partial charge < -0.3 is 4.43 Å². The standard InChI is InChI=1S/C23H35NOSi/c1-18-19(17-25-26(7,8)22(2,3)4)14-15-24-21(18)16-23(5,6)20-12-10-9-11-13-20/h9-15H,16-17H2,1-8H3. The molecule has 0 N–H and O–H groups in total. The summed E-state index contributed by atoms with van der Waals surface area (Å²) in [5, 5.41) is 0.228. The number of benzene rings is 1. The molecule has 0 amide bonds. The molecule has 0 atom stereocenters. The van der Waals surface area contributed by atoms with Gasteiger partial charge in [0.05, 0.1) is 6.61 Å². The third-order valence-corrected chi connectivity index (χ3v) is 10.5. The van der Waals surface area contributed by atoms with Gasteiger partial charge in [-0.05, 0) is 59.6 Å². The van der Waals surface area contributed by atoms with E-state index in [4.69, 9.17) is 9.41 Å². The summed E-state index contributed by atoms with van der Waals surface area (Å²) in [6.07, 6.45) is 2.87. The summed E-state index contributed by atoms with van der Waals surface area (Å²) in [5.41, 5.74) is 5.12. The Morgan fingerprint density at radius 1 is 0.962 bits per heavy atom. The van der Waals surface area contributed by atoms with Crippen LogP contribution in [-0.2, 0) is 22.9 Å². The van der Waals surface area contributed by atoms with E-state index in [1.165, 1.54) is 22.4 Å². The van der Waals surface area contributed by atoms with Gasteiger partial charge in [-0.3, -0.25) is 4.98 Å². The molecule has 0 radical (unpaired) electrons. The lowest BCUT2D eigenvalue weighted by Gasteiger charge is -2.36. The second-order valence-corrected chi connectivity index (χ2v) is 14.3.